The van der Waals surface area contributed by atoms with Gasteiger partial charge >= 0.3 is 0 Å². The summed E-state index contributed by atoms with van der Waals surface area (Å²) in [5, 5.41) is 5.73. The molecule has 2 aliphatic rings. The number of nitrogens with zero attached hydrogens (tertiary/aromatic N) is 5. The fraction of sp³-hybridized carbons (Fsp3) is 0.381. The minimum absolute atomic E-state index is 0.00926. The molecule has 0 saturated carbocycles. The Kier molecular flexibility index (Phi) is 4.54. The van der Waals surface area contributed by atoms with Gasteiger partial charge in [0.25, 0.3) is 5.91 Å². The lowest BCUT2D eigenvalue weighted by Crippen LogP contribution is -2.40. The lowest BCUT2D eigenvalue weighted by molar-refractivity contribution is 0.0298. The maximum Gasteiger partial charge on any atom is 0.274 e. The third-order valence-corrected chi connectivity index (χ3v) is 5.50. The van der Waals surface area contributed by atoms with E-state index in [1.807, 2.05) is 27.9 Å². The Bertz CT molecular complexity index is 1000. The summed E-state index contributed by atoms with van der Waals surface area (Å²) in [6.07, 6.45) is 1.85. The van der Waals surface area contributed by atoms with Gasteiger partial charge in [0, 0.05) is 44.3 Å². The standard InChI is InChI=1S/C21H23N5O2/c27-21(25-9-11-28-12-10-25)19-13-18-15-24(7-8-26(18)23-19)14-17-4-1-3-16-5-2-6-22-20(16)17/h1-6,13H,7-12,14-15H2. The predicted octanol–water partition coefficient (Wildman–Crippen LogP) is 1.92. The summed E-state index contributed by atoms with van der Waals surface area (Å²) >= 11 is 0. The minimum Gasteiger partial charge on any atom is -0.378 e. The van der Waals surface area contributed by atoms with Crippen LogP contribution in [-0.4, -0.2) is 63.3 Å². The second kappa shape index (κ2) is 7.33. The van der Waals surface area contributed by atoms with Crippen molar-refractivity contribution in [2.45, 2.75) is 19.6 Å². The van der Waals surface area contributed by atoms with Gasteiger partial charge in [-0.25, -0.2) is 0 Å². The molecule has 5 rings (SSSR count). The number of morpholine rings is 1. The van der Waals surface area contributed by atoms with Crippen molar-refractivity contribution in [1.82, 2.24) is 24.6 Å². The number of benzene rings is 1. The van der Waals surface area contributed by atoms with Gasteiger partial charge in [0.2, 0.25) is 0 Å². The molecule has 1 aromatic carbocycles. The van der Waals surface area contributed by atoms with Gasteiger partial charge in [-0.15, -0.1) is 0 Å². The van der Waals surface area contributed by atoms with Crippen LogP contribution in [0.3, 0.4) is 0 Å². The number of para-hydroxylation sites is 1. The molecule has 2 aliphatic heterocycles. The molecule has 28 heavy (non-hydrogen) atoms. The molecular formula is C21H23N5O2. The van der Waals surface area contributed by atoms with Crippen LogP contribution >= 0.6 is 0 Å². The molecule has 1 amide bonds. The van der Waals surface area contributed by atoms with Gasteiger partial charge in [-0.2, -0.15) is 5.10 Å². The van der Waals surface area contributed by atoms with Gasteiger partial charge in [-0.05, 0) is 17.7 Å². The van der Waals surface area contributed by atoms with Crippen molar-refractivity contribution >= 4 is 16.8 Å². The molecule has 0 spiro atoms. The molecule has 1 saturated heterocycles. The Balaban J connectivity index is 1.32. The van der Waals surface area contributed by atoms with Crippen molar-refractivity contribution in [3.63, 3.8) is 0 Å². The zero-order chi connectivity index (χ0) is 18.9. The van der Waals surface area contributed by atoms with Crippen LogP contribution in [0.15, 0.2) is 42.6 Å². The second-order valence-corrected chi connectivity index (χ2v) is 7.35. The van der Waals surface area contributed by atoms with E-state index in [1.54, 1.807) is 0 Å². The van der Waals surface area contributed by atoms with Crippen molar-refractivity contribution in [2.75, 3.05) is 32.8 Å². The zero-order valence-corrected chi connectivity index (χ0v) is 15.8. The third kappa shape index (κ3) is 3.27. The first-order chi connectivity index (χ1) is 13.8. The van der Waals surface area contributed by atoms with Crippen LogP contribution in [0.5, 0.6) is 0 Å². The highest BCUT2D eigenvalue weighted by Crippen LogP contribution is 2.21. The number of carbonyl (C=O) groups is 1. The summed E-state index contributed by atoms with van der Waals surface area (Å²) < 4.78 is 7.31. The highest BCUT2D eigenvalue weighted by atomic mass is 16.5. The van der Waals surface area contributed by atoms with E-state index in [9.17, 15) is 4.79 Å². The Labute approximate surface area is 163 Å². The number of amides is 1. The SMILES string of the molecule is O=C(c1cc2n(n1)CCN(Cc1cccc3cccnc13)C2)N1CCOCC1. The van der Waals surface area contributed by atoms with Crippen LogP contribution in [0, 0.1) is 0 Å². The quantitative estimate of drug-likeness (QED) is 0.698. The summed E-state index contributed by atoms with van der Waals surface area (Å²) in [7, 11) is 0. The maximum atomic E-state index is 12.7. The van der Waals surface area contributed by atoms with E-state index in [0.717, 1.165) is 37.4 Å². The molecule has 0 unspecified atom stereocenters. The van der Waals surface area contributed by atoms with Crippen molar-refractivity contribution in [1.29, 1.82) is 0 Å². The molecule has 1 fully saturated rings. The Morgan fingerprint density at radius 1 is 1.07 bits per heavy atom. The number of pyridine rings is 1. The highest BCUT2D eigenvalue weighted by molar-refractivity contribution is 5.92. The molecule has 0 N–H and O–H groups in total. The summed E-state index contributed by atoms with van der Waals surface area (Å²) in [6, 6.07) is 12.4. The van der Waals surface area contributed by atoms with Gasteiger partial charge in [0.1, 0.15) is 0 Å². The van der Waals surface area contributed by atoms with Crippen LogP contribution in [0.1, 0.15) is 21.7 Å². The summed E-state index contributed by atoms with van der Waals surface area (Å²) in [6.45, 7) is 5.81. The van der Waals surface area contributed by atoms with Crippen LogP contribution in [-0.2, 0) is 24.4 Å². The number of carbonyl (C=O) groups excluding carboxylic acids is 1. The van der Waals surface area contributed by atoms with Crippen molar-refractivity contribution in [3.8, 4) is 0 Å². The second-order valence-electron chi connectivity index (χ2n) is 7.35. The maximum absolute atomic E-state index is 12.7. The number of hydrogen-bond acceptors (Lipinski definition) is 5. The number of rotatable bonds is 3. The number of aromatic nitrogens is 3. The average molecular weight is 377 g/mol. The molecule has 0 radical (unpaired) electrons. The molecule has 3 aromatic rings. The van der Waals surface area contributed by atoms with E-state index in [1.165, 1.54) is 10.9 Å². The largest absolute Gasteiger partial charge is 0.378 e. The minimum atomic E-state index is 0.00926. The third-order valence-electron chi connectivity index (χ3n) is 5.50. The normalized spacial score (nSPS) is 17.6. The number of fused-ring (bicyclic) bond motifs is 2. The number of hydrogen-bond donors (Lipinski definition) is 0. The molecule has 4 heterocycles. The van der Waals surface area contributed by atoms with E-state index in [4.69, 9.17) is 4.74 Å². The molecule has 144 valence electrons. The first kappa shape index (κ1) is 17.3. The molecular weight excluding hydrogens is 354 g/mol. The summed E-state index contributed by atoms with van der Waals surface area (Å²) in [5.41, 5.74) is 3.93. The Morgan fingerprint density at radius 2 is 1.93 bits per heavy atom. The molecule has 0 atom stereocenters. The lowest BCUT2D eigenvalue weighted by Gasteiger charge is -2.27. The van der Waals surface area contributed by atoms with E-state index in [0.29, 0.717) is 32.0 Å². The topological polar surface area (TPSA) is 63.5 Å². The van der Waals surface area contributed by atoms with Crippen LogP contribution in [0.25, 0.3) is 10.9 Å². The van der Waals surface area contributed by atoms with Crippen molar-refractivity contribution in [3.05, 3.63) is 59.5 Å². The van der Waals surface area contributed by atoms with E-state index < -0.39 is 0 Å². The van der Waals surface area contributed by atoms with Crippen LogP contribution in [0.4, 0.5) is 0 Å². The van der Waals surface area contributed by atoms with Crippen molar-refractivity contribution < 1.29 is 9.53 Å². The van der Waals surface area contributed by atoms with Crippen LogP contribution < -0.4 is 0 Å². The first-order valence-corrected chi connectivity index (χ1v) is 9.77. The van der Waals surface area contributed by atoms with Gasteiger partial charge in [-0.3, -0.25) is 19.4 Å². The number of ether oxygens (including phenoxy) is 1. The first-order valence-electron chi connectivity index (χ1n) is 9.77. The monoisotopic (exact) mass is 377 g/mol. The van der Waals surface area contributed by atoms with Gasteiger partial charge in [0.15, 0.2) is 5.69 Å². The van der Waals surface area contributed by atoms with E-state index in [2.05, 4.69) is 39.2 Å². The van der Waals surface area contributed by atoms with E-state index in [-0.39, 0.29) is 5.91 Å². The molecule has 7 heteroatoms. The lowest BCUT2D eigenvalue weighted by atomic mass is 10.1. The molecule has 0 aliphatic carbocycles. The van der Waals surface area contributed by atoms with Gasteiger partial charge in [-0.1, -0.05) is 24.3 Å². The zero-order valence-electron chi connectivity index (χ0n) is 15.8. The molecule has 7 nitrogen and oxygen atoms in total. The summed E-state index contributed by atoms with van der Waals surface area (Å²) in [4.78, 5) is 21.5. The highest BCUT2D eigenvalue weighted by Gasteiger charge is 2.25. The fourth-order valence-corrected chi connectivity index (χ4v) is 4.02. The van der Waals surface area contributed by atoms with E-state index >= 15 is 0 Å². The van der Waals surface area contributed by atoms with Gasteiger partial charge < -0.3 is 9.64 Å². The summed E-state index contributed by atoms with van der Waals surface area (Å²) in [5.74, 6) is 0.00926. The smallest absolute Gasteiger partial charge is 0.274 e. The fourth-order valence-electron chi connectivity index (χ4n) is 4.02. The van der Waals surface area contributed by atoms with Gasteiger partial charge in [0.05, 0.1) is 31.0 Å². The predicted molar refractivity (Wildman–Crippen MR) is 105 cm³/mol. The Hall–Kier alpha value is -2.77. The van der Waals surface area contributed by atoms with Crippen molar-refractivity contribution in [2.24, 2.45) is 0 Å². The Morgan fingerprint density at radius 3 is 2.82 bits per heavy atom. The van der Waals surface area contributed by atoms with Crippen LogP contribution in [0.2, 0.25) is 0 Å². The molecule has 2 aromatic heterocycles. The molecule has 0 bridgehead atoms. The average Bonchev–Trinajstić information content (AvgIpc) is 3.17.